The highest BCUT2D eigenvalue weighted by Crippen LogP contribution is 2.18. The number of nitrogens with one attached hydrogen (secondary N) is 1. The molecule has 0 aliphatic rings. The Bertz CT molecular complexity index is 352. The molecule has 5 heteroatoms. The minimum atomic E-state index is -0.452. The number of aliphatic imine (C=N–C) groups is 1. The molecule has 1 aromatic carbocycles. The minimum absolute atomic E-state index is 0.189. The van der Waals surface area contributed by atoms with Crippen LogP contribution in [-0.2, 0) is 0 Å². The molecule has 14 heavy (non-hydrogen) atoms. The fourth-order valence-electron chi connectivity index (χ4n) is 0.939. The molecule has 0 spiro atoms. The molecule has 0 aliphatic carbocycles. The quantitative estimate of drug-likeness (QED) is 0.587. The molecule has 0 aliphatic heterocycles. The number of nitrogens with zero attached hydrogens (tertiary/aromatic N) is 1. The van der Waals surface area contributed by atoms with Gasteiger partial charge in [-0.2, -0.15) is 0 Å². The molecule has 0 amide bonds. The fraction of sp³-hybridized carbons (Fsp3) is 0.222. The standard InChI is InChI=1S/C9H11ClFN3/c1-2-13-9(12)14-8-4-3-6(10)5-7(8)11/h3-5H,2H2,1H3,(H3,12,13,14). The van der Waals surface area contributed by atoms with Gasteiger partial charge in [0.1, 0.15) is 5.82 Å². The first-order valence-electron chi connectivity index (χ1n) is 4.15. The van der Waals surface area contributed by atoms with Crippen LogP contribution in [0.1, 0.15) is 6.92 Å². The second kappa shape index (κ2) is 4.81. The van der Waals surface area contributed by atoms with Crippen LogP contribution < -0.4 is 11.1 Å². The van der Waals surface area contributed by atoms with Crippen molar-refractivity contribution >= 4 is 23.2 Å². The van der Waals surface area contributed by atoms with Crippen molar-refractivity contribution in [3.63, 3.8) is 0 Å². The monoisotopic (exact) mass is 215 g/mol. The van der Waals surface area contributed by atoms with Crippen molar-refractivity contribution < 1.29 is 4.39 Å². The van der Waals surface area contributed by atoms with E-state index in [-0.39, 0.29) is 11.6 Å². The number of halogens is 2. The summed E-state index contributed by atoms with van der Waals surface area (Å²) in [5.41, 5.74) is 5.73. The second-order valence-electron chi connectivity index (χ2n) is 2.61. The molecule has 0 saturated heterocycles. The van der Waals surface area contributed by atoms with E-state index in [1.165, 1.54) is 12.1 Å². The van der Waals surface area contributed by atoms with Gasteiger partial charge >= 0.3 is 0 Å². The molecule has 1 rings (SSSR count). The maximum absolute atomic E-state index is 13.2. The molecule has 0 bridgehead atoms. The number of nitrogens with two attached hydrogens (primary N) is 1. The van der Waals surface area contributed by atoms with E-state index in [4.69, 9.17) is 17.3 Å². The zero-order chi connectivity index (χ0) is 10.6. The average Bonchev–Trinajstić information content (AvgIpc) is 2.10. The van der Waals surface area contributed by atoms with E-state index in [0.29, 0.717) is 11.6 Å². The number of hydrogen-bond acceptors (Lipinski definition) is 1. The van der Waals surface area contributed by atoms with Crippen LogP contribution in [0.25, 0.3) is 0 Å². The first-order chi connectivity index (χ1) is 6.63. The lowest BCUT2D eigenvalue weighted by Crippen LogP contribution is -2.23. The normalized spacial score (nSPS) is 11.5. The Labute approximate surface area is 86.8 Å². The first kappa shape index (κ1) is 10.8. The molecule has 0 aromatic heterocycles. The van der Waals surface area contributed by atoms with Gasteiger partial charge in [-0.3, -0.25) is 4.99 Å². The van der Waals surface area contributed by atoms with Gasteiger partial charge in [-0.05, 0) is 25.1 Å². The maximum atomic E-state index is 13.2. The highest BCUT2D eigenvalue weighted by atomic mass is 35.5. The van der Waals surface area contributed by atoms with Gasteiger partial charge in [0.15, 0.2) is 5.96 Å². The Morgan fingerprint density at radius 2 is 2.36 bits per heavy atom. The summed E-state index contributed by atoms with van der Waals surface area (Å²) in [6.07, 6.45) is 0. The number of benzene rings is 1. The number of anilines is 1. The van der Waals surface area contributed by atoms with Crippen LogP contribution in [0.4, 0.5) is 10.1 Å². The predicted molar refractivity (Wildman–Crippen MR) is 57.2 cm³/mol. The molecular weight excluding hydrogens is 205 g/mol. The Morgan fingerprint density at radius 1 is 1.64 bits per heavy atom. The predicted octanol–water partition coefficient (Wildman–Crippen LogP) is 2.23. The van der Waals surface area contributed by atoms with Crippen molar-refractivity contribution in [1.82, 2.24) is 0 Å². The molecule has 3 N–H and O–H groups in total. The second-order valence-corrected chi connectivity index (χ2v) is 3.05. The van der Waals surface area contributed by atoms with Crippen LogP contribution in [0.5, 0.6) is 0 Å². The summed E-state index contributed by atoms with van der Waals surface area (Å²) in [4.78, 5) is 3.87. The average molecular weight is 216 g/mol. The van der Waals surface area contributed by atoms with Crippen molar-refractivity contribution in [3.8, 4) is 0 Å². The molecule has 0 atom stereocenters. The van der Waals surface area contributed by atoms with Crippen LogP contribution in [0.15, 0.2) is 23.2 Å². The summed E-state index contributed by atoms with van der Waals surface area (Å²) < 4.78 is 13.2. The summed E-state index contributed by atoms with van der Waals surface area (Å²) >= 11 is 5.59. The molecule has 0 saturated carbocycles. The molecule has 0 unspecified atom stereocenters. The molecule has 0 heterocycles. The van der Waals surface area contributed by atoms with Crippen molar-refractivity contribution in [1.29, 1.82) is 0 Å². The van der Waals surface area contributed by atoms with Gasteiger partial charge in [-0.1, -0.05) is 11.6 Å². The summed E-state index contributed by atoms with van der Waals surface area (Å²) in [5, 5.41) is 2.98. The van der Waals surface area contributed by atoms with Crippen LogP contribution in [0.3, 0.4) is 0 Å². The van der Waals surface area contributed by atoms with Gasteiger partial charge in [-0.25, -0.2) is 4.39 Å². The van der Waals surface area contributed by atoms with E-state index < -0.39 is 5.82 Å². The fourth-order valence-corrected chi connectivity index (χ4v) is 1.10. The zero-order valence-corrected chi connectivity index (χ0v) is 8.48. The van der Waals surface area contributed by atoms with Gasteiger partial charge in [0.25, 0.3) is 0 Å². The van der Waals surface area contributed by atoms with E-state index in [1.807, 2.05) is 6.92 Å². The highest BCUT2D eigenvalue weighted by Gasteiger charge is 2.02. The third kappa shape index (κ3) is 2.88. The molecule has 76 valence electrons. The van der Waals surface area contributed by atoms with Gasteiger partial charge < -0.3 is 11.1 Å². The van der Waals surface area contributed by atoms with Crippen molar-refractivity contribution in [2.45, 2.75) is 6.92 Å². The van der Waals surface area contributed by atoms with E-state index in [2.05, 4.69) is 10.3 Å². The Balaban J connectivity index is 2.82. The van der Waals surface area contributed by atoms with Crippen molar-refractivity contribution in [2.24, 2.45) is 10.7 Å². The maximum Gasteiger partial charge on any atom is 0.193 e. The van der Waals surface area contributed by atoms with Gasteiger partial charge in [0.05, 0.1) is 5.69 Å². The molecule has 3 nitrogen and oxygen atoms in total. The largest absolute Gasteiger partial charge is 0.370 e. The third-order valence-electron chi connectivity index (χ3n) is 1.52. The Morgan fingerprint density at radius 3 is 2.93 bits per heavy atom. The smallest absolute Gasteiger partial charge is 0.193 e. The lowest BCUT2D eigenvalue weighted by Gasteiger charge is -2.06. The molecule has 0 radical (unpaired) electrons. The number of guanidine groups is 1. The van der Waals surface area contributed by atoms with Gasteiger partial charge in [0.2, 0.25) is 0 Å². The van der Waals surface area contributed by atoms with Crippen molar-refractivity contribution in [2.75, 3.05) is 11.9 Å². The summed E-state index contributed by atoms with van der Waals surface area (Å²) in [6, 6.07) is 4.30. The van der Waals surface area contributed by atoms with E-state index in [0.717, 1.165) is 0 Å². The summed E-state index contributed by atoms with van der Waals surface area (Å²) in [5.74, 6) is -0.263. The summed E-state index contributed by atoms with van der Waals surface area (Å²) in [7, 11) is 0. The van der Waals surface area contributed by atoms with Crippen molar-refractivity contribution in [3.05, 3.63) is 29.0 Å². The van der Waals surface area contributed by atoms with Gasteiger partial charge in [0, 0.05) is 11.6 Å². The molecule has 1 aromatic rings. The van der Waals surface area contributed by atoms with E-state index in [9.17, 15) is 4.39 Å². The number of hydrogen-bond donors (Lipinski definition) is 2. The lowest BCUT2D eigenvalue weighted by atomic mass is 10.3. The summed E-state index contributed by atoms with van der Waals surface area (Å²) in [6.45, 7) is 2.39. The highest BCUT2D eigenvalue weighted by molar-refractivity contribution is 6.30. The van der Waals surface area contributed by atoms with Crippen LogP contribution >= 0.6 is 11.6 Å². The van der Waals surface area contributed by atoms with Gasteiger partial charge in [-0.15, -0.1) is 0 Å². The van der Waals surface area contributed by atoms with E-state index in [1.54, 1.807) is 6.07 Å². The number of rotatable bonds is 2. The minimum Gasteiger partial charge on any atom is -0.370 e. The Kier molecular flexibility index (Phi) is 3.71. The SMILES string of the molecule is CCN=C(N)Nc1ccc(Cl)cc1F. The third-order valence-corrected chi connectivity index (χ3v) is 1.76. The van der Waals surface area contributed by atoms with E-state index >= 15 is 0 Å². The topological polar surface area (TPSA) is 50.4 Å². The van der Waals surface area contributed by atoms with Crippen LogP contribution in [-0.4, -0.2) is 12.5 Å². The van der Waals surface area contributed by atoms with Crippen LogP contribution in [0, 0.1) is 5.82 Å². The first-order valence-corrected chi connectivity index (χ1v) is 4.53. The lowest BCUT2D eigenvalue weighted by molar-refractivity contribution is 0.632. The molecule has 0 fully saturated rings. The van der Waals surface area contributed by atoms with Crippen LogP contribution in [0.2, 0.25) is 5.02 Å². The zero-order valence-electron chi connectivity index (χ0n) is 7.72. The Hall–Kier alpha value is -1.29. The molecular formula is C9H11ClFN3.